The molecular formula is C16H19ClN4O4. The summed E-state index contributed by atoms with van der Waals surface area (Å²) in [4.78, 5) is 32.1. The highest BCUT2D eigenvalue weighted by Gasteiger charge is 2.20. The van der Waals surface area contributed by atoms with E-state index in [1.54, 1.807) is 27.7 Å². The van der Waals surface area contributed by atoms with Crippen molar-refractivity contribution in [3.8, 4) is 5.69 Å². The third-order valence-electron chi connectivity index (χ3n) is 2.87. The van der Waals surface area contributed by atoms with Gasteiger partial charge in [-0.2, -0.15) is 0 Å². The van der Waals surface area contributed by atoms with Crippen LogP contribution in [0.2, 0.25) is 5.15 Å². The van der Waals surface area contributed by atoms with Crippen molar-refractivity contribution in [3.63, 3.8) is 0 Å². The summed E-state index contributed by atoms with van der Waals surface area (Å²) in [5.41, 5.74) is 0.249. The van der Waals surface area contributed by atoms with Crippen molar-refractivity contribution in [1.82, 2.24) is 14.5 Å². The maximum absolute atomic E-state index is 12.1. The number of ether oxygens (including phenoxy) is 2. The van der Waals surface area contributed by atoms with E-state index in [1.807, 2.05) is 0 Å². The van der Waals surface area contributed by atoms with E-state index in [-0.39, 0.29) is 17.5 Å². The molecule has 0 radical (unpaired) electrons. The average molecular weight is 367 g/mol. The van der Waals surface area contributed by atoms with E-state index in [4.69, 9.17) is 21.1 Å². The number of esters is 1. The monoisotopic (exact) mass is 366 g/mol. The molecule has 0 atom stereocenters. The molecule has 2 rings (SSSR count). The predicted molar refractivity (Wildman–Crippen MR) is 92.2 cm³/mol. The Bertz CT molecular complexity index is 783. The Morgan fingerprint density at radius 1 is 1.32 bits per heavy atom. The first kappa shape index (κ1) is 18.7. The van der Waals surface area contributed by atoms with Gasteiger partial charge in [0.1, 0.15) is 10.8 Å². The maximum atomic E-state index is 12.1. The first-order valence-corrected chi connectivity index (χ1v) is 7.94. The molecular weight excluding hydrogens is 348 g/mol. The van der Waals surface area contributed by atoms with Crippen molar-refractivity contribution in [2.45, 2.75) is 33.3 Å². The molecule has 2 aromatic heterocycles. The molecule has 8 nitrogen and oxygen atoms in total. The summed E-state index contributed by atoms with van der Waals surface area (Å²) >= 11 is 5.93. The maximum Gasteiger partial charge on any atom is 0.412 e. The van der Waals surface area contributed by atoms with Crippen LogP contribution in [0.4, 0.5) is 10.5 Å². The molecule has 25 heavy (non-hydrogen) atoms. The number of imidazole rings is 1. The number of amides is 1. The third kappa shape index (κ3) is 4.93. The van der Waals surface area contributed by atoms with Gasteiger partial charge in [-0.1, -0.05) is 11.6 Å². The van der Waals surface area contributed by atoms with E-state index in [0.717, 1.165) is 0 Å². The molecule has 9 heteroatoms. The fourth-order valence-electron chi connectivity index (χ4n) is 1.97. The van der Waals surface area contributed by atoms with E-state index < -0.39 is 17.7 Å². The second-order valence-electron chi connectivity index (χ2n) is 6.02. The molecule has 2 aromatic rings. The molecule has 1 N–H and O–H groups in total. The van der Waals surface area contributed by atoms with Crippen molar-refractivity contribution < 1.29 is 19.1 Å². The lowest BCUT2D eigenvalue weighted by Gasteiger charge is -2.20. The van der Waals surface area contributed by atoms with Crippen LogP contribution in [0.3, 0.4) is 0 Å². The number of nitrogens with zero attached hydrogens (tertiary/aromatic N) is 3. The minimum atomic E-state index is -0.661. The predicted octanol–water partition coefficient (Wildman–Crippen LogP) is 3.44. The van der Waals surface area contributed by atoms with Gasteiger partial charge in [0.05, 0.1) is 36.7 Å². The summed E-state index contributed by atoms with van der Waals surface area (Å²) in [5, 5.41) is 2.78. The minimum absolute atomic E-state index is 0.174. The lowest BCUT2D eigenvalue weighted by Crippen LogP contribution is -2.27. The van der Waals surface area contributed by atoms with Gasteiger partial charge in [0.25, 0.3) is 0 Å². The number of pyridine rings is 1. The molecule has 0 aliphatic rings. The quantitative estimate of drug-likeness (QED) is 0.657. The molecule has 0 saturated carbocycles. The Balaban J connectivity index is 2.39. The van der Waals surface area contributed by atoms with Gasteiger partial charge in [-0.05, 0) is 27.7 Å². The smallest absolute Gasteiger partial charge is 0.412 e. The summed E-state index contributed by atoms with van der Waals surface area (Å²) in [5.74, 6) is -0.543. The van der Waals surface area contributed by atoms with Gasteiger partial charge in [-0.25, -0.2) is 19.6 Å². The largest absolute Gasteiger partial charge is 0.461 e. The standard InChI is InChI=1S/C16H19ClN4O4/c1-5-24-14(22)12-7-18-9-21(12)11-8-19-13(17)6-10(11)20-15(23)25-16(2,3)4/h6-9H,5H2,1-4H3,(H,19,20,23). The molecule has 0 aromatic carbocycles. The Kier molecular flexibility index (Phi) is 5.63. The number of hydrogen-bond acceptors (Lipinski definition) is 6. The molecule has 2 heterocycles. The molecule has 0 saturated heterocycles. The number of halogens is 1. The zero-order valence-electron chi connectivity index (χ0n) is 14.4. The second-order valence-corrected chi connectivity index (χ2v) is 6.41. The number of rotatable bonds is 4. The second kappa shape index (κ2) is 7.52. The van der Waals surface area contributed by atoms with Gasteiger partial charge in [-0.3, -0.25) is 9.88 Å². The van der Waals surface area contributed by atoms with Crippen LogP contribution in [0.15, 0.2) is 24.8 Å². The topological polar surface area (TPSA) is 95.3 Å². The van der Waals surface area contributed by atoms with E-state index in [0.29, 0.717) is 11.4 Å². The minimum Gasteiger partial charge on any atom is -0.461 e. The SMILES string of the molecule is CCOC(=O)c1cncn1-c1cnc(Cl)cc1NC(=O)OC(C)(C)C. The Hall–Kier alpha value is -2.61. The van der Waals surface area contributed by atoms with Crippen LogP contribution >= 0.6 is 11.6 Å². The summed E-state index contributed by atoms with van der Waals surface area (Å²) in [7, 11) is 0. The zero-order valence-corrected chi connectivity index (χ0v) is 15.1. The highest BCUT2D eigenvalue weighted by atomic mass is 35.5. The van der Waals surface area contributed by atoms with Gasteiger partial charge in [0.15, 0.2) is 5.69 Å². The molecule has 0 aliphatic heterocycles. The molecule has 0 bridgehead atoms. The first-order valence-electron chi connectivity index (χ1n) is 7.56. The molecule has 0 fully saturated rings. The molecule has 0 aliphatic carbocycles. The van der Waals surface area contributed by atoms with Gasteiger partial charge < -0.3 is 9.47 Å². The average Bonchev–Trinajstić information content (AvgIpc) is 2.94. The fraction of sp³-hybridized carbons (Fsp3) is 0.375. The van der Waals surface area contributed by atoms with Crippen LogP contribution in [0.1, 0.15) is 38.2 Å². The normalized spacial score (nSPS) is 11.1. The number of hydrogen-bond donors (Lipinski definition) is 1. The van der Waals surface area contributed by atoms with Crippen LogP contribution in [0.25, 0.3) is 5.69 Å². The van der Waals surface area contributed by atoms with Crippen molar-refractivity contribution >= 4 is 29.4 Å². The Morgan fingerprint density at radius 2 is 2.04 bits per heavy atom. The number of carbonyl (C=O) groups excluding carboxylic acids is 2. The Morgan fingerprint density at radius 3 is 2.68 bits per heavy atom. The number of nitrogens with one attached hydrogen (secondary N) is 1. The zero-order chi connectivity index (χ0) is 18.6. The lowest BCUT2D eigenvalue weighted by atomic mass is 10.2. The highest BCUT2D eigenvalue weighted by molar-refractivity contribution is 6.29. The summed E-state index contributed by atoms with van der Waals surface area (Å²) < 4.78 is 11.7. The summed E-state index contributed by atoms with van der Waals surface area (Å²) in [6.07, 6.45) is 3.54. The highest BCUT2D eigenvalue weighted by Crippen LogP contribution is 2.25. The van der Waals surface area contributed by atoms with Crippen molar-refractivity contribution in [3.05, 3.63) is 35.6 Å². The van der Waals surface area contributed by atoms with E-state index in [2.05, 4.69) is 15.3 Å². The Labute approximate surface area is 150 Å². The van der Waals surface area contributed by atoms with E-state index >= 15 is 0 Å². The van der Waals surface area contributed by atoms with Crippen LogP contribution in [-0.4, -0.2) is 38.8 Å². The number of aromatic nitrogens is 3. The molecule has 134 valence electrons. The van der Waals surface area contributed by atoms with Gasteiger partial charge >= 0.3 is 12.1 Å². The summed E-state index contributed by atoms with van der Waals surface area (Å²) in [6, 6.07) is 1.45. The van der Waals surface area contributed by atoms with Gasteiger partial charge in [0, 0.05) is 6.07 Å². The lowest BCUT2D eigenvalue weighted by molar-refractivity contribution is 0.0516. The number of carbonyl (C=O) groups is 2. The summed E-state index contributed by atoms with van der Waals surface area (Å²) in [6.45, 7) is 7.19. The van der Waals surface area contributed by atoms with E-state index in [1.165, 1.54) is 29.4 Å². The van der Waals surface area contributed by atoms with Crippen molar-refractivity contribution in [2.24, 2.45) is 0 Å². The van der Waals surface area contributed by atoms with Crippen molar-refractivity contribution in [1.29, 1.82) is 0 Å². The van der Waals surface area contributed by atoms with Crippen LogP contribution in [-0.2, 0) is 9.47 Å². The third-order valence-corrected chi connectivity index (χ3v) is 3.07. The molecule has 0 spiro atoms. The fourth-order valence-corrected chi connectivity index (χ4v) is 2.13. The molecule has 0 unspecified atom stereocenters. The van der Waals surface area contributed by atoms with Gasteiger partial charge in [-0.15, -0.1) is 0 Å². The van der Waals surface area contributed by atoms with Gasteiger partial charge in [0.2, 0.25) is 0 Å². The first-order chi connectivity index (χ1) is 11.7. The van der Waals surface area contributed by atoms with Crippen LogP contribution in [0.5, 0.6) is 0 Å². The number of anilines is 1. The van der Waals surface area contributed by atoms with Crippen LogP contribution in [0, 0.1) is 0 Å². The van der Waals surface area contributed by atoms with E-state index in [9.17, 15) is 9.59 Å². The molecule has 1 amide bonds. The van der Waals surface area contributed by atoms with Crippen LogP contribution < -0.4 is 5.32 Å². The van der Waals surface area contributed by atoms with Crippen molar-refractivity contribution in [2.75, 3.05) is 11.9 Å².